The molecular formula is C16H27N3O. The van der Waals surface area contributed by atoms with Crippen molar-refractivity contribution in [2.45, 2.75) is 25.9 Å². The van der Waals surface area contributed by atoms with Crippen molar-refractivity contribution in [2.75, 3.05) is 44.8 Å². The summed E-state index contributed by atoms with van der Waals surface area (Å²) in [5, 5.41) is 0. The van der Waals surface area contributed by atoms with E-state index in [1.807, 2.05) is 0 Å². The smallest absolute Gasteiger partial charge is 0.0642 e. The van der Waals surface area contributed by atoms with Crippen LogP contribution < -0.4 is 10.6 Å². The fourth-order valence-electron chi connectivity index (χ4n) is 2.80. The molecule has 20 heavy (non-hydrogen) atoms. The second kappa shape index (κ2) is 6.57. The van der Waals surface area contributed by atoms with Crippen LogP contribution in [-0.2, 0) is 11.3 Å². The average Bonchev–Trinajstić information content (AvgIpc) is 2.38. The fourth-order valence-corrected chi connectivity index (χ4v) is 2.80. The minimum Gasteiger partial charge on any atom is -0.378 e. The molecule has 0 saturated carbocycles. The molecule has 0 radical (unpaired) electrons. The number of hydrogen-bond acceptors (Lipinski definition) is 4. The van der Waals surface area contributed by atoms with Gasteiger partial charge in [0.05, 0.1) is 13.2 Å². The number of morpholine rings is 1. The van der Waals surface area contributed by atoms with Gasteiger partial charge in [-0.3, -0.25) is 0 Å². The number of likely N-dealkylation sites (N-methyl/N-ethyl adjacent to an activating group) is 1. The molecule has 0 atom stereocenters. The number of rotatable bonds is 5. The highest BCUT2D eigenvalue weighted by atomic mass is 16.5. The molecule has 1 aliphatic rings. The lowest BCUT2D eigenvalue weighted by molar-refractivity contribution is 0.122. The van der Waals surface area contributed by atoms with Gasteiger partial charge in [-0.25, -0.2) is 0 Å². The van der Waals surface area contributed by atoms with Gasteiger partial charge in [-0.2, -0.15) is 0 Å². The molecule has 1 heterocycles. The van der Waals surface area contributed by atoms with Gasteiger partial charge in [-0.1, -0.05) is 18.2 Å². The van der Waals surface area contributed by atoms with Gasteiger partial charge in [-0.05, 0) is 32.5 Å². The van der Waals surface area contributed by atoms with Crippen LogP contribution >= 0.6 is 0 Å². The number of anilines is 1. The van der Waals surface area contributed by atoms with Crippen LogP contribution in [0.2, 0.25) is 0 Å². The molecular weight excluding hydrogens is 250 g/mol. The Morgan fingerprint density at radius 1 is 1.25 bits per heavy atom. The highest BCUT2D eigenvalue weighted by Gasteiger charge is 2.17. The topological polar surface area (TPSA) is 41.7 Å². The van der Waals surface area contributed by atoms with Gasteiger partial charge in [-0.15, -0.1) is 0 Å². The zero-order valence-corrected chi connectivity index (χ0v) is 12.9. The Hall–Kier alpha value is -1.10. The molecule has 4 heteroatoms. The molecule has 0 aliphatic carbocycles. The van der Waals surface area contributed by atoms with Gasteiger partial charge >= 0.3 is 0 Å². The Labute approximate surface area is 122 Å². The Kier molecular flexibility index (Phi) is 5.02. The summed E-state index contributed by atoms with van der Waals surface area (Å²) in [5.74, 6) is 0. The second-order valence-corrected chi connectivity index (χ2v) is 6.39. The Bertz CT molecular complexity index is 422. The van der Waals surface area contributed by atoms with Crippen molar-refractivity contribution in [3.63, 3.8) is 0 Å². The SMILES string of the molecule is CN(Cc1ccccc1N1CCOCC1)CC(C)(C)N. The second-order valence-electron chi connectivity index (χ2n) is 6.39. The van der Waals surface area contributed by atoms with Crippen LogP contribution in [0.4, 0.5) is 5.69 Å². The normalized spacial score (nSPS) is 16.8. The van der Waals surface area contributed by atoms with Gasteiger partial charge in [0.1, 0.15) is 0 Å². The van der Waals surface area contributed by atoms with E-state index in [1.165, 1.54) is 11.3 Å². The van der Waals surface area contributed by atoms with E-state index in [0.29, 0.717) is 0 Å². The summed E-state index contributed by atoms with van der Waals surface area (Å²) in [7, 11) is 2.13. The lowest BCUT2D eigenvalue weighted by Crippen LogP contribution is -2.43. The average molecular weight is 277 g/mol. The molecule has 0 bridgehead atoms. The van der Waals surface area contributed by atoms with Crippen LogP contribution in [0.15, 0.2) is 24.3 Å². The summed E-state index contributed by atoms with van der Waals surface area (Å²) >= 11 is 0. The molecule has 0 aromatic heterocycles. The largest absolute Gasteiger partial charge is 0.378 e. The van der Waals surface area contributed by atoms with E-state index in [-0.39, 0.29) is 5.54 Å². The van der Waals surface area contributed by atoms with E-state index < -0.39 is 0 Å². The van der Waals surface area contributed by atoms with Crippen molar-refractivity contribution in [1.82, 2.24) is 4.90 Å². The van der Waals surface area contributed by atoms with Crippen LogP contribution in [0.3, 0.4) is 0 Å². The molecule has 0 spiro atoms. The molecule has 1 saturated heterocycles. The van der Waals surface area contributed by atoms with Crippen molar-refractivity contribution < 1.29 is 4.74 Å². The lowest BCUT2D eigenvalue weighted by atomic mass is 10.1. The van der Waals surface area contributed by atoms with E-state index in [2.05, 4.69) is 55.0 Å². The maximum atomic E-state index is 6.10. The van der Waals surface area contributed by atoms with E-state index in [9.17, 15) is 0 Å². The third-order valence-electron chi connectivity index (χ3n) is 3.46. The summed E-state index contributed by atoms with van der Waals surface area (Å²) in [6, 6.07) is 8.65. The highest BCUT2D eigenvalue weighted by molar-refractivity contribution is 5.53. The van der Waals surface area contributed by atoms with Crippen LogP contribution in [0.25, 0.3) is 0 Å². The number of benzene rings is 1. The number of ether oxygens (including phenoxy) is 1. The molecule has 0 amide bonds. The minimum atomic E-state index is -0.164. The number of para-hydroxylation sites is 1. The Morgan fingerprint density at radius 2 is 1.90 bits per heavy atom. The molecule has 2 rings (SSSR count). The zero-order chi connectivity index (χ0) is 14.6. The maximum Gasteiger partial charge on any atom is 0.0642 e. The third-order valence-corrected chi connectivity index (χ3v) is 3.46. The van der Waals surface area contributed by atoms with Crippen LogP contribution in [0.5, 0.6) is 0 Å². The lowest BCUT2D eigenvalue weighted by Gasteiger charge is -2.32. The van der Waals surface area contributed by atoms with E-state index in [1.54, 1.807) is 0 Å². The van der Waals surface area contributed by atoms with E-state index in [0.717, 1.165) is 39.4 Å². The Morgan fingerprint density at radius 3 is 2.55 bits per heavy atom. The number of nitrogens with zero attached hydrogens (tertiary/aromatic N) is 2. The summed E-state index contributed by atoms with van der Waals surface area (Å²) in [4.78, 5) is 4.71. The van der Waals surface area contributed by atoms with Crippen molar-refractivity contribution in [2.24, 2.45) is 5.73 Å². The van der Waals surface area contributed by atoms with E-state index >= 15 is 0 Å². The fraction of sp³-hybridized carbons (Fsp3) is 0.625. The summed E-state index contributed by atoms with van der Waals surface area (Å²) in [6.45, 7) is 9.53. The standard InChI is InChI=1S/C16H27N3O/c1-16(2,17)13-18(3)12-14-6-4-5-7-15(14)19-8-10-20-11-9-19/h4-7H,8-13,17H2,1-3H3. The van der Waals surface area contributed by atoms with Crippen LogP contribution in [0, 0.1) is 0 Å². The first kappa shape index (κ1) is 15.3. The van der Waals surface area contributed by atoms with Gasteiger partial charge in [0.2, 0.25) is 0 Å². The van der Waals surface area contributed by atoms with Gasteiger partial charge in [0.25, 0.3) is 0 Å². The summed E-state index contributed by atoms with van der Waals surface area (Å²) in [5.41, 5.74) is 8.63. The first-order chi connectivity index (χ1) is 9.46. The quantitative estimate of drug-likeness (QED) is 0.889. The van der Waals surface area contributed by atoms with E-state index in [4.69, 9.17) is 10.5 Å². The van der Waals surface area contributed by atoms with Crippen molar-refractivity contribution in [3.8, 4) is 0 Å². The number of hydrogen-bond donors (Lipinski definition) is 1. The first-order valence-electron chi connectivity index (χ1n) is 7.34. The number of nitrogens with two attached hydrogens (primary N) is 1. The maximum absolute atomic E-state index is 6.10. The zero-order valence-electron chi connectivity index (χ0n) is 12.9. The van der Waals surface area contributed by atoms with Gasteiger partial charge < -0.3 is 20.3 Å². The van der Waals surface area contributed by atoms with Crippen LogP contribution in [-0.4, -0.2) is 50.3 Å². The third kappa shape index (κ3) is 4.47. The van der Waals surface area contributed by atoms with Crippen molar-refractivity contribution in [1.29, 1.82) is 0 Å². The molecule has 1 aliphatic heterocycles. The van der Waals surface area contributed by atoms with Gasteiger partial charge in [0.15, 0.2) is 0 Å². The van der Waals surface area contributed by atoms with Crippen molar-refractivity contribution in [3.05, 3.63) is 29.8 Å². The molecule has 1 fully saturated rings. The molecule has 1 aromatic carbocycles. The molecule has 2 N–H and O–H groups in total. The Balaban J connectivity index is 2.07. The highest BCUT2D eigenvalue weighted by Crippen LogP contribution is 2.23. The van der Waals surface area contributed by atoms with Crippen LogP contribution in [0.1, 0.15) is 19.4 Å². The predicted octanol–water partition coefficient (Wildman–Crippen LogP) is 1.69. The molecule has 112 valence electrons. The van der Waals surface area contributed by atoms with Crippen molar-refractivity contribution >= 4 is 5.69 Å². The molecule has 1 aromatic rings. The summed E-state index contributed by atoms with van der Waals surface area (Å²) in [6.07, 6.45) is 0. The minimum absolute atomic E-state index is 0.164. The first-order valence-corrected chi connectivity index (χ1v) is 7.34. The predicted molar refractivity (Wildman–Crippen MR) is 84.1 cm³/mol. The molecule has 4 nitrogen and oxygen atoms in total. The monoisotopic (exact) mass is 277 g/mol. The van der Waals surface area contributed by atoms with Gasteiger partial charge in [0, 0.05) is 37.4 Å². The molecule has 0 unspecified atom stereocenters. The summed E-state index contributed by atoms with van der Waals surface area (Å²) < 4.78 is 5.44.